The predicted molar refractivity (Wildman–Crippen MR) is 109 cm³/mol. The fourth-order valence-corrected chi connectivity index (χ4v) is 4.71. The summed E-state index contributed by atoms with van der Waals surface area (Å²) in [5.74, 6) is -1.08. The van der Waals surface area contributed by atoms with Crippen molar-refractivity contribution >= 4 is 17.4 Å². The third-order valence-corrected chi connectivity index (χ3v) is 6.32. The van der Waals surface area contributed by atoms with Gasteiger partial charge in [0.05, 0.1) is 23.5 Å². The molecule has 0 radical (unpaired) electrons. The summed E-state index contributed by atoms with van der Waals surface area (Å²) in [4.78, 5) is 21.0. The largest absolute Gasteiger partial charge is 0.431 e. The van der Waals surface area contributed by atoms with Crippen LogP contribution in [0, 0.1) is 0 Å². The van der Waals surface area contributed by atoms with E-state index in [2.05, 4.69) is 20.0 Å². The van der Waals surface area contributed by atoms with Crippen molar-refractivity contribution in [3.63, 3.8) is 0 Å². The SMILES string of the molecule is C[C@@]12CC[C@@](c3cn4cc(C(=O)Nc5cccc(C(F)F)n5)cc(OC(F)F)c4n3)(CO1)C2. The first-order valence-corrected chi connectivity index (χ1v) is 10.3. The number of amides is 1. The van der Waals surface area contributed by atoms with Crippen LogP contribution in [-0.2, 0) is 10.2 Å². The van der Waals surface area contributed by atoms with Crippen molar-refractivity contribution in [3.05, 3.63) is 53.6 Å². The Labute approximate surface area is 185 Å². The Morgan fingerprint density at radius 3 is 2.67 bits per heavy atom. The summed E-state index contributed by atoms with van der Waals surface area (Å²) in [6.45, 7) is -0.597. The number of hydrogen-bond donors (Lipinski definition) is 1. The Kier molecular flexibility index (Phi) is 5.04. The van der Waals surface area contributed by atoms with Crippen LogP contribution in [0.3, 0.4) is 0 Å². The molecule has 0 spiro atoms. The maximum Gasteiger partial charge on any atom is 0.387 e. The van der Waals surface area contributed by atoms with Gasteiger partial charge in [0.2, 0.25) is 0 Å². The number of hydrogen-bond acceptors (Lipinski definition) is 5. The van der Waals surface area contributed by atoms with E-state index in [0.29, 0.717) is 12.3 Å². The summed E-state index contributed by atoms with van der Waals surface area (Å²) >= 11 is 0. The lowest BCUT2D eigenvalue weighted by molar-refractivity contribution is -0.0492. The fourth-order valence-electron chi connectivity index (χ4n) is 4.71. The minimum absolute atomic E-state index is 0.0252. The molecule has 0 aromatic carbocycles. The van der Waals surface area contributed by atoms with E-state index in [1.165, 1.54) is 22.7 Å². The van der Waals surface area contributed by atoms with Gasteiger partial charge in [0, 0.05) is 17.8 Å². The van der Waals surface area contributed by atoms with Crippen molar-refractivity contribution in [3.8, 4) is 5.75 Å². The number of ether oxygens (including phenoxy) is 2. The molecule has 1 amide bonds. The normalized spacial score (nSPS) is 24.2. The van der Waals surface area contributed by atoms with Gasteiger partial charge in [0.15, 0.2) is 11.4 Å². The molecule has 3 aromatic rings. The number of nitrogens with one attached hydrogen (secondary N) is 1. The average molecular weight is 464 g/mol. The van der Waals surface area contributed by atoms with Gasteiger partial charge in [0.1, 0.15) is 11.5 Å². The minimum atomic E-state index is -3.13. The number of anilines is 1. The van der Waals surface area contributed by atoms with Crippen LogP contribution in [0.1, 0.15) is 54.4 Å². The molecule has 0 unspecified atom stereocenters. The van der Waals surface area contributed by atoms with Crippen LogP contribution >= 0.6 is 0 Å². The first-order chi connectivity index (χ1) is 15.7. The lowest BCUT2D eigenvalue weighted by atomic mass is 9.84. The molecule has 1 aliphatic heterocycles. The molecule has 1 N–H and O–H groups in total. The van der Waals surface area contributed by atoms with Crippen molar-refractivity contribution in [2.45, 2.75) is 50.2 Å². The summed E-state index contributed by atoms with van der Waals surface area (Å²) in [6.07, 6.45) is 2.83. The Bertz CT molecular complexity index is 1220. The zero-order chi connectivity index (χ0) is 23.4. The quantitative estimate of drug-likeness (QED) is 0.534. The summed E-state index contributed by atoms with van der Waals surface area (Å²) in [6, 6.07) is 4.96. The molecule has 7 nitrogen and oxygen atoms in total. The zero-order valence-electron chi connectivity index (χ0n) is 17.5. The van der Waals surface area contributed by atoms with Crippen molar-refractivity contribution in [2.75, 3.05) is 11.9 Å². The van der Waals surface area contributed by atoms with E-state index in [4.69, 9.17) is 4.74 Å². The Balaban J connectivity index is 1.50. The topological polar surface area (TPSA) is 77.8 Å². The number of alkyl halides is 4. The Morgan fingerprint density at radius 1 is 1.21 bits per heavy atom. The zero-order valence-corrected chi connectivity index (χ0v) is 17.5. The number of halogens is 4. The number of carbonyl (C=O) groups is 1. The summed E-state index contributed by atoms with van der Waals surface area (Å²) in [5.41, 5.74) is -0.219. The van der Waals surface area contributed by atoms with Crippen LogP contribution in [0.4, 0.5) is 23.4 Å². The highest BCUT2D eigenvalue weighted by Gasteiger charge is 2.55. The first-order valence-electron chi connectivity index (χ1n) is 10.3. The average Bonchev–Trinajstić information content (AvgIpc) is 3.44. The standard InChI is InChI=1S/C22H20F4N4O3/c1-21-5-6-22(10-21,11-32-21)15-9-30-8-12(7-14(18(30)28-15)33-20(25)26)19(31)29-16-4-2-3-13(27-16)17(23)24/h2-4,7-9,17,20H,5-6,10-11H2,1H3,(H,27,29,31)/t21-,22-/m0/s1. The van der Waals surface area contributed by atoms with Gasteiger partial charge < -0.3 is 19.2 Å². The monoisotopic (exact) mass is 464 g/mol. The number of aromatic nitrogens is 3. The van der Waals surface area contributed by atoms with Crippen LogP contribution in [0.5, 0.6) is 5.75 Å². The molecular formula is C22H20F4N4O3. The number of nitrogens with zero attached hydrogens (tertiary/aromatic N) is 3. The molecule has 1 aliphatic carbocycles. The van der Waals surface area contributed by atoms with Crippen molar-refractivity contribution in [1.29, 1.82) is 0 Å². The van der Waals surface area contributed by atoms with Crippen LogP contribution in [0.15, 0.2) is 36.7 Å². The smallest absolute Gasteiger partial charge is 0.387 e. The Hall–Kier alpha value is -3.21. The van der Waals surface area contributed by atoms with Crippen LogP contribution in [0.2, 0.25) is 0 Å². The van der Waals surface area contributed by atoms with Gasteiger partial charge in [-0.05, 0) is 44.4 Å². The molecule has 1 saturated heterocycles. The number of rotatable bonds is 6. The molecule has 33 heavy (non-hydrogen) atoms. The second kappa shape index (κ2) is 7.68. The van der Waals surface area contributed by atoms with Crippen LogP contribution < -0.4 is 10.1 Å². The molecule has 1 saturated carbocycles. The van der Waals surface area contributed by atoms with E-state index < -0.39 is 24.6 Å². The van der Waals surface area contributed by atoms with Gasteiger partial charge in [-0.15, -0.1) is 0 Å². The molecule has 2 fully saturated rings. The van der Waals surface area contributed by atoms with E-state index in [0.717, 1.165) is 31.4 Å². The molecule has 11 heteroatoms. The third kappa shape index (κ3) is 3.90. The number of pyridine rings is 2. The lowest BCUT2D eigenvalue weighted by Crippen LogP contribution is -2.26. The second-order valence-electron chi connectivity index (χ2n) is 8.73. The van der Waals surface area contributed by atoms with Crippen molar-refractivity contribution < 1.29 is 31.8 Å². The van der Waals surface area contributed by atoms with E-state index in [9.17, 15) is 22.4 Å². The Morgan fingerprint density at radius 2 is 2.03 bits per heavy atom. The maximum atomic E-state index is 13.1. The molecule has 2 atom stereocenters. The maximum absolute atomic E-state index is 13.1. The molecule has 3 aromatic heterocycles. The first kappa shape index (κ1) is 21.6. The van der Waals surface area contributed by atoms with Crippen molar-refractivity contribution in [2.24, 2.45) is 0 Å². The van der Waals surface area contributed by atoms with E-state index in [1.807, 2.05) is 6.92 Å². The van der Waals surface area contributed by atoms with Gasteiger partial charge >= 0.3 is 6.61 Å². The number of carbonyl (C=O) groups excluding carboxylic acids is 1. The van der Waals surface area contributed by atoms with Gasteiger partial charge in [-0.1, -0.05) is 6.07 Å². The highest BCUT2D eigenvalue weighted by Crippen LogP contribution is 2.53. The summed E-state index contributed by atoms with van der Waals surface area (Å²) < 4.78 is 64.0. The minimum Gasteiger partial charge on any atom is -0.431 e. The number of fused-ring (bicyclic) bond motifs is 3. The second-order valence-corrected chi connectivity index (χ2v) is 8.73. The fraction of sp³-hybridized carbons (Fsp3) is 0.409. The summed E-state index contributed by atoms with van der Waals surface area (Å²) in [5, 5.41) is 2.41. The number of imidazole rings is 1. The predicted octanol–water partition coefficient (Wildman–Crippen LogP) is 4.73. The summed E-state index contributed by atoms with van der Waals surface area (Å²) in [7, 11) is 0. The lowest BCUT2D eigenvalue weighted by Gasteiger charge is -2.24. The van der Waals surface area contributed by atoms with Gasteiger partial charge in [-0.3, -0.25) is 4.79 Å². The third-order valence-electron chi connectivity index (χ3n) is 6.32. The van der Waals surface area contributed by atoms with E-state index >= 15 is 0 Å². The molecule has 4 heterocycles. The molecule has 5 rings (SSSR count). The van der Waals surface area contributed by atoms with E-state index in [-0.39, 0.29) is 33.8 Å². The van der Waals surface area contributed by atoms with Gasteiger partial charge in [-0.2, -0.15) is 8.78 Å². The highest BCUT2D eigenvalue weighted by molar-refractivity contribution is 6.04. The van der Waals surface area contributed by atoms with Gasteiger partial charge in [0.25, 0.3) is 12.3 Å². The van der Waals surface area contributed by atoms with Crippen molar-refractivity contribution in [1.82, 2.24) is 14.4 Å². The molecular weight excluding hydrogens is 444 g/mol. The van der Waals surface area contributed by atoms with Crippen LogP contribution in [0.25, 0.3) is 5.65 Å². The van der Waals surface area contributed by atoms with Gasteiger partial charge in [-0.25, -0.2) is 18.7 Å². The van der Waals surface area contributed by atoms with E-state index in [1.54, 1.807) is 6.20 Å². The molecule has 2 aliphatic rings. The van der Waals surface area contributed by atoms with Crippen LogP contribution in [-0.4, -0.2) is 39.1 Å². The molecule has 174 valence electrons. The highest BCUT2D eigenvalue weighted by atomic mass is 19.3. The molecule has 2 bridgehead atoms.